The summed E-state index contributed by atoms with van der Waals surface area (Å²) >= 11 is 0. The summed E-state index contributed by atoms with van der Waals surface area (Å²) in [6, 6.07) is 5.27. The molecule has 0 radical (unpaired) electrons. The Balaban J connectivity index is 1.94. The molecule has 0 amide bonds. The largest absolute Gasteiger partial charge is 0.508 e. The summed E-state index contributed by atoms with van der Waals surface area (Å²) in [5, 5.41) is 23.0. The lowest BCUT2D eigenvalue weighted by atomic mass is 9.96. The lowest BCUT2D eigenvalue weighted by Gasteiger charge is -2.23. The number of aliphatic hydroxyl groups excluding tert-OH is 1. The van der Waals surface area contributed by atoms with Crippen LogP contribution in [0.1, 0.15) is 57.9 Å². The van der Waals surface area contributed by atoms with E-state index in [2.05, 4.69) is 26.1 Å². The highest BCUT2D eigenvalue weighted by atomic mass is 16.5. The van der Waals surface area contributed by atoms with Crippen molar-refractivity contribution in [3.8, 4) is 11.5 Å². The minimum absolute atomic E-state index is 0.0193. The summed E-state index contributed by atoms with van der Waals surface area (Å²) in [7, 11) is 0. The molecule has 0 unspecified atom stereocenters. The van der Waals surface area contributed by atoms with E-state index in [1.807, 2.05) is 12.1 Å². The maximum absolute atomic E-state index is 10.0. The zero-order chi connectivity index (χ0) is 16.2. The Bertz CT molecular complexity index is 476. The van der Waals surface area contributed by atoms with Crippen molar-refractivity contribution >= 4 is 0 Å². The molecule has 0 heterocycles. The predicted molar refractivity (Wildman–Crippen MR) is 88.6 cm³/mol. The molecule has 1 aromatic carbocycles. The van der Waals surface area contributed by atoms with Gasteiger partial charge in [-0.15, -0.1) is 0 Å². The second-order valence-corrected chi connectivity index (χ2v) is 7.30. The quantitative estimate of drug-likeness (QED) is 0.755. The molecule has 0 bridgehead atoms. The van der Waals surface area contributed by atoms with Gasteiger partial charge in [0.05, 0.1) is 0 Å². The van der Waals surface area contributed by atoms with Gasteiger partial charge in [0.25, 0.3) is 0 Å². The lowest BCUT2D eigenvalue weighted by molar-refractivity contribution is 0.0993. The first-order valence-corrected chi connectivity index (χ1v) is 8.24. The highest BCUT2D eigenvalue weighted by Gasteiger charge is 2.22. The van der Waals surface area contributed by atoms with Crippen molar-refractivity contribution in [2.75, 3.05) is 13.2 Å². The van der Waals surface area contributed by atoms with Crippen LogP contribution in [0.4, 0.5) is 0 Å². The number of β-amino-alcohol motifs (C(OH)–C–C–N with tert-alkyl or cyclic N) is 1. The first-order valence-electron chi connectivity index (χ1n) is 8.24. The first kappa shape index (κ1) is 17.1. The van der Waals surface area contributed by atoms with Crippen LogP contribution in [0.2, 0.25) is 0 Å². The van der Waals surface area contributed by atoms with Gasteiger partial charge in [0.1, 0.15) is 24.2 Å². The Morgan fingerprint density at radius 3 is 2.59 bits per heavy atom. The van der Waals surface area contributed by atoms with Crippen LogP contribution in [-0.2, 0) is 0 Å². The monoisotopic (exact) mass is 307 g/mol. The average molecular weight is 307 g/mol. The van der Waals surface area contributed by atoms with Gasteiger partial charge in [-0.2, -0.15) is 0 Å². The van der Waals surface area contributed by atoms with Crippen molar-refractivity contribution in [2.24, 2.45) is 0 Å². The molecule has 1 aliphatic carbocycles. The van der Waals surface area contributed by atoms with Gasteiger partial charge in [-0.1, -0.05) is 12.8 Å². The van der Waals surface area contributed by atoms with Crippen molar-refractivity contribution in [3.05, 3.63) is 23.8 Å². The lowest BCUT2D eigenvalue weighted by Crippen LogP contribution is -2.42. The molecule has 1 saturated carbocycles. The molecular formula is C18H29NO3. The van der Waals surface area contributed by atoms with E-state index in [1.165, 1.54) is 12.8 Å². The summed E-state index contributed by atoms with van der Waals surface area (Å²) in [4.78, 5) is 0. The Labute approximate surface area is 133 Å². The number of ether oxygens (including phenoxy) is 1. The maximum Gasteiger partial charge on any atom is 0.123 e. The van der Waals surface area contributed by atoms with Crippen LogP contribution < -0.4 is 10.1 Å². The molecule has 124 valence electrons. The average Bonchev–Trinajstić information content (AvgIpc) is 2.97. The van der Waals surface area contributed by atoms with E-state index in [1.54, 1.807) is 6.07 Å². The second kappa shape index (κ2) is 7.34. The second-order valence-electron chi connectivity index (χ2n) is 7.30. The molecule has 0 aromatic heterocycles. The van der Waals surface area contributed by atoms with Crippen molar-refractivity contribution in [1.29, 1.82) is 0 Å². The number of hydrogen-bond donors (Lipinski definition) is 3. The molecule has 1 atom stereocenters. The summed E-state index contributed by atoms with van der Waals surface area (Å²) in [6.45, 7) is 6.96. The fourth-order valence-electron chi connectivity index (χ4n) is 2.89. The van der Waals surface area contributed by atoms with Crippen molar-refractivity contribution in [2.45, 2.75) is 64.0 Å². The third-order valence-corrected chi connectivity index (χ3v) is 4.09. The van der Waals surface area contributed by atoms with Gasteiger partial charge in [-0.05, 0) is 57.7 Å². The van der Waals surface area contributed by atoms with Crippen LogP contribution in [0.25, 0.3) is 0 Å². The van der Waals surface area contributed by atoms with E-state index in [-0.39, 0.29) is 17.9 Å². The van der Waals surface area contributed by atoms with Gasteiger partial charge in [0, 0.05) is 17.6 Å². The number of hydrogen-bond acceptors (Lipinski definition) is 4. The van der Waals surface area contributed by atoms with E-state index in [9.17, 15) is 10.2 Å². The van der Waals surface area contributed by atoms with Crippen LogP contribution in [0, 0.1) is 0 Å². The third kappa shape index (κ3) is 5.18. The number of benzene rings is 1. The van der Waals surface area contributed by atoms with Gasteiger partial charge >= 0.3 is 0 Å². The minimum atomic E-state index is -0.551. The minimum Gasteiger partial charge on any atom is -0.508 e. The molecule has 4 heteroatoms. The Kier molecular flexibility index (Phi) is 5.70. The number of rotatable bonds is 6. The van der Waals surface area contributed by atoms with Gasteiger partial charge in [0.2, 0.25) is 0 Å². The Morgan fingerprint density at radius 2 is 1.95 bits per heavy atom. The van der Waals surface area contributed by atoms with Gasteiger partial charge in [0.15, 0.2) is 0 Å². The standard InChI is InChI=1S/C18H29NO3/c1-18(2,3)19-11-15(21)12-22-17-9-8-14(20)10-16(17)13-6-4-5-7-13/h8-10,13,15,19-21H,4-7,11-12H2,1-3H3/t15-/m1/s1. The van der Waals surface area contributed by atoms with E-state index >= 15 is 0 Å². The van der Waals surface area contributed by atoms with E-state index in [0.29, 0.717) is 12.5 Å². The smallest absolute Gasteiger partial charge is 0.123 e. The topological polar surface area (TPSA) is 61.7 Å². The van der Waals surface area contributed by atoms with Crippen LogP contribution in [-0.4, -0.2) is 35.0 Å². The summed E-state index contributed by atoms with van der Waals surface area (Å²) in [5.74, 6) is 1.54. The molecule has 22 heavy (non-hydrogen) atoms. The molecule has 1 aromatic rings. The van der Waals surface area contributed by atoms with Crippen molar-refractivity contribution < 1.29 is 14.9 Å². The van der Waals surface area contributed by atoms with Crippen molar-refractivity contribution in [3.63, 3.8) is 0 Å². The molecule has 0 saturated heterocycles. The molecule has 0 aliphatic heterocycles. The van der Waals surface area contributed by atoms with E-state index < -0.39 is 6.10 Å². The van der Waals surface area contributed by atoms with E-state index in [0.717, 1.165) is 24.2 Å². The van der Waals surface area contributed by atoms with Crippen LogP contribution in [0.3, 0.4) is 0 Å². The molecule has 4 nitrogen and oxygen atoms in total. The Morgan fingerprint density at radius 1 is 1.27 bits per heavy atom. The molecular weight excluding hydrogens is 278 g/mol. The summed E-state index contributed by atoms with van der Waals surface area (Å²) in [5.41, 5.74) is 1.06. The number of aromatic hydroxyl groups is 1. The molecule has 0 spiro atoms. The molecule has 3 N–H and O–H groups in total. The van der Waals surface area contributed by atoms with Crippen LogP contribution in [0.5, 0.6) is 11.5 Å². The normalized spacial score (nSPS) is 17.6. The number of phenols is 1. The van der Waals surface area contributed by atoms with Gasteiger partial charge in [-0.25, -0.2) is 0 Å². The first-order chi connectivity index (χ1) is 10.3. The highest BCUT2D eigenvalue weighted by Crippen LogP contribution is 2.40. The SMILES string of the molecule is CC(C)(C)NC[C@@H](O)COc1ccc(O)cc1C1CCCC1. The van der Waals surface area contributed by atoms with Crippen LogP contribution >= 0.6 is 0 Å². The predicted octanol–water partition coefficient (Wildman–Crippen LogP) is 3.18. The maximum atomic E-state index is 10.0. The van der Waals surface area contributed by atoms with Crippen molar-refractivity contribution in [1.82, 2.24) is 5.32 Å². The summed E-state index contributed by atoms with van der Waals surface area (Å²) in [6.07, 6.45) is 4.21. The van der Waals surface area contributed by atoms with Gasteiger partial charge < -0.3 is 20.3 Å². The zero-order valence-corrected chi connectivity index (χ0v) is 13.9. The Hall–Kier alpha value is -1.26. The number of aliphatic hydroxyl groups is 1. The fourth-order valence-corrected chi connectivity index (χ4v) is 2.89. The molecule has 1 fully saturated rings. The summed E-state index contributed by atoms with van der Waals surface area (Å²) < 4.78 is 5.83. The van der Waals surface area contributed by atoms with Crippen LogP contribution in [0.15, 0.2) is 18.2 Å². The van der Waals surface area contributed by atoms with Gasteiger partial charge in [-0.3, -0.25) is 0 Å². The van der Waals surface area contributed by atoms with E-state index in [4.69, 9.17) is 4.74 Å². The molecule has 1 aliphatic rings. The zero-order valence-electron chi connectivity index (χ0n) is 13.9. The number of nitrogens with one attached hydrogen (secondary N) is 1. The highest BCUT2D eigenvalue weighted by molar-refractivity contribution is 5.42. The fraction of sp³-hybridized carbons (Fsp3) is 0.667. The third-order valence-electron chi connectivity index (χ3n) is 4.09. The number of phenolic OH excluding ortho intramolecular Hbond substituents is 1. The molecule has 2 rings (SSSR count).